The van der Waals surface area contributed by atoms with Gasteiger partial charge in [0.15, 0.2) is 5.76 Å². The highest BCUT2D eigenvalue weighted by Crippen LogP contribution is 2.28. The number of hydrogen-bond acceptors (Lipinski definition) is 5. The van der Waals surface area contributed by atoms with E-state index >= 15 is 0 Å². The van der Waals surface area contributed by atoms with Gasteiger partial charge in [0, 0.05) is 48.1 Å². The van der Waals surface area contributed by atoms with Crippen molar-refractivity contribution in [3.63, 3.8) is 0 Å². The first-order chi connectivity index (χ1) is 18.8. The number of carbonyl (C=O) groups is 2. The van der Waals surface area contributed by atoms with Gasteiger partial charge in [-0.05, 0) is 72.8 Å². The van der Waals surface area contributed by atoms with Crippen LogP contribution in [0.25, 0.3) is 11.3 Å². The van der Waals surface area contributed by atoms with Crippen LogP contribution in [0.4, 0.5) is 15.8 Å². The van der Waals surface area contributed by atoms with E-state index in [0.717, 1.165) is 5.69 Å². The molecule has 1 saturated heterocycles. The molecule has 39 heavy (non-hydrogen) atoms. The lowest BCUT2D eigenvalue weighted by molar-refractivity contribution is 0.0743. The lowest BCUT2D eigenvalue weighted by atomic mass is 10.1. The lowest BCUT2D eigenvalue weighted by Gasteiger charge is -2.36. The van der Waals surface area contributed by atoms with Crippen molar-refractivity contribution in [1.29, 1.82) is 0 Å². The second-order valence-electron chi connectivity index (χ2n) is 8.92. The molecule has 1 aromatic heterocycles. The van der Waals surface area contributed by atoms with Crippen LogP contribution in [0.1, 0.15) is 20.9 Å². The van der Waals surface area contributed by atoms with E-state index in [4.69, 9.17) is 32.4 Å². The molecule has 0 radical (unpaired) electrons. The molecule has 5 rings (SSSR count). The van der Waals surface area contributed by atoms with Crippen molar-refractivity contribution in [2.75, 3.05) is 43.5 Å². The molecule has 0 aliphatic carbocycles. The Labute approximate surface area is 234 Å². The molecule has 4 aromatic rings. The summed E-state index contributed by atoms with van der Waals surface area (Å²) in [6.45, 7) is 2.41. The molecule has 0 unspecified atom stereocenters. The van der Waals surface area contributed by atoms with Gasteiger partial charge in [0.25, 0.3) is 11.8 Å². The van der Waals surface area contributed by atoms with Gasteiger partial charge in [-0.3, -0.25) is 9.59 Å². The summed E-state index contributed by atoms with van der Waals surface area (Å²) in [5.41, 5.74) is 2.60. The Morgan fingerprint density at radius 1 is 0.923 bits per heavy atom. The maximum atomic E-state index is 13.4. The second kappa shape index (κ2) is 11.4. The van der Waals surface area contributed by atoms with Crippen molar-refractivity contribution in [1.82, 2.24) is 4.90 Å². The van der Waals surface area contributed by atoms with E-state index in [2.05, 4.69) is 10.2 Å². The number of halogens is 3. The first kappa shape index (κ1) is 26.6. The number of nitrogens with one attached hydrogen (secondary N) is 1. The Morgan fingerprint density at radius 2 is 1.67 bits per heavy atom. The van der Waals surface area contributed by atoms with E-state index in [1.54, 1.807) is 35.2 Å². The molecule has 0 bridgehead atoms. The highest BCUT2D eigenvalue weighted by atomic mass is 35.5. The molecule has 2 heterocycles. The largest absolute Gasteiger partial charge is 0.496 e. The number of piperazine rings is 1. The van der Waals surface area contributed by atoms with Gasteiger partial charge in [0.1, 0.15) is 17.3 Å². The number of rotatable bonds is 6. The van der Waals surface area contributed by atoms with Crippen molar-refractivity contribution in [2.45, 2.75) is 0 Å². The summed E-state index contributed by atoms with van der Waals surface area (Å²) in [5, 5.41) is 3.27. The van der Waals surface area contributed by atoms with Crippen molar-refractivity contribution in [2.24, 2.45) is 0 Å². The third kappa shape index (κ3) is 5.87. The molecule has 0 spiro atoms. The number of amides is 2. The number of ether oxygens (including phenoxy) is 1. The highest BCUT2D eigenvalue weighted by molar-refractivity contribution is 6.31. The van der Waals surface area contributed by atoms with Crippen LogP contribution in [0.3, 0.4) is 0 Å². The van der Waals surface area contributed by atoms with Crippen LogP contribution >= 0.6 is 23.2 Å². The van der Waals surface area contributed by atoms with Gasteiger partial charge in [-0.25, -0.2) is 4.39 Å². The van der Waals surface area contributed by atoms with E-state index < -0.39 is 11.7 Å². The maximum Gasteiger partial charge on any atom is 0.291 e. The van der Waals surface area contributed by atoms with Crippen LogP contribution < -0.4 is 15.0 Å². The van der Waals surface area contributed by atoms with Crippen molar-refractivity contribution < 1.29 is 23.1 Å². The fraction of sp³-hybridized carbons (Fsp3) is 0.172. The molecule has 1 aliphatic rings. The molecule has 0 atom stereocenters. The summed E-state index contributed by atoms with van der Waals surface area (Å²) in [6, 6.07) is 19.9. The minimum Gasteiger partial charge on any atom is -0.496 e. The number of anilines is 2. The maximum absolute atomic E-state index is 13.4. The normalized spacial score (nSPS) is 13.3. The third-order valence-electron chi connectivity index (χ3n) is 6.48. The summed E-state index contributed by atoms with van der Waals surface area (Å²) in [6.07, 6.45) is 0. The summed E-state index contributed by atoms with van der Waals surface area (Å²) < 4.78 is 24.4. The first-order valence-electron chi connectivity index (χ1n) is 12.2. The quantitative estimate of drug-likeness (QED) is 0.283. The zero-order valence-corrected chi connectivity index (χ0v) is 22.4. The average Bonchev–Trinajstić information content (AvgIpc) is 3.45. The predicted octanol–water partition coefficient (Wildman–Crippen LogP) is 6.62. The number of furan rings is 1. The molecule has 3 aromatic carbocycles. The van der Waals surface area contributed by atoms with Crippen molar-refractivity contribution in [3.8, 4) is 17.1 Å². The van der Waals surface area contributed by atoms with Crippen LogP contribution in [0.5, 0.6) is 5.75 Å². The molecule has 1 N–H and O–H groups in total. The SMILES string of the molecule is COc1ccc(Cl)cc1C(=O)N1CCN(c2ccc(NC(=O)c3ccc(-c4ccc(F)c(Cl)c4)o3)cc2)CC1. The fourth-order valence-electron chi connectivity index (χ4n) is 4.40. The molecule has 0 saturated carbocycles. The van der Waals surface area contributed by atoms with Crippen molar-refractivity contribution in [3.05, 3.63) is 100.0 Å². The van der Waals surface area contributed by atoms with Gasteiger partial charge in [0.05, 0.1) is 17.7 Å². The number of carbonyl (C=O) groups excluding carboxylic acids is 2. The zero-order chi connectivity index (χ0) is 27.5. The van der Waals surface area contributed by atoms with Gasteiger partial charge >= 0.3 is 0 Å². The smallest absolute Gasteiger partial charge is 0.291 e. The van der Waals surface area contributed by atoms with Crippen LogP contribution in [0, 0.1) is 5.82 Å². The molecule has 7 nitrogen and oxygen atoms in total. The highest BCUT2D eigenvalue weighted by Gasteiger charge is 2.25. The number of benzene rings is 3. The van der Waals surface area contributed by atoms with E-state index in [0.29, 0.717) is 59.5 Å². The Hall–Kier alpha value is -4.01. The molecular weight excluding hydrogens is 544 g/mol. The van der Waals surface area contributed by atoms with E-state index in [1.807, 2.05) is 24.3 Å². The minimum atomic E-state index is -0.526. The van der Waals surface area contributed by atoms with Gasteiger partial charge in [-0.2, -0.15) is 0 Å². The molecule has 2 amide bonds. The predicted molar refractivity (Wildman–Crippen MR) is 150 cm³/mol. The second-order valence-corrected chi connectivity index (χ2v) is 9.76. The Morgan fingerprint density at radius 3 is 2.36 bits per heavy atom. The number of nitrogens with zero attached hydrogens (tertiary/aromatic N) is 2. The Balaban J connectivity index is 1.18. The summed E-state index contributed by atoms with van der Waals surface area (Å²) in [4.78, 5) is 29.7. The average molecular weight is 568 g/mol. The topological polar surface area (TPSA) is 75.0 Å². The van der Waals surface area contributed by atoms with Crippen LogP contribution in [0.2, 0.25) is 10.0 Å². The molecule has 200 valence electrons. The Kier molecular flexibility index (Phi) is 7.77. The minimum absolute atomic E-state index is 0.0238. The fourth-order valence-corrected chi connectivity index (χ4v) is 4.75. The van der Waals surface area contributed by atoms with E-state index in [1.165, 1.54) is 25.3 Å². The summed E-state index contributed by atoms with van der Waals surface area (Å²) in [5.74, 6) is -0.0334. The van der Waals surface area contributed by atoms with E-state index in [-0.39, 0.29) is 16.7 Å². The van der Waals surface area contributed by atoms with Gasteiger partial charge in [0.2, 0.25) is 0 Å². The standard InChI is InChI=1S/C29H24Cl2FN3O4/c1-38-26-9-3-19(30)17-22(26)29(37)35-14-12-34(13-15-35)21-6-4-20(5-7-21)33-28(36)27-11-10-25(39-27)18-2-8-24(32)23(31)16-18/h2-11,16-17H,12-15H2,1H3,(H,33,36). The van der Waals surface area contributed by atoms with Crippen molar-refractivity contribution >= 4 is 46.4 Å². The van der Waals surface area contributed by atoms with Gasteiger partial charge in [-0.15, -0.1) is 0 Å². The molecular formula is C29H24Cl2FN3O4. The van der Waals surface area contributed by atoms with Crippen LogP contribution in [-0.2, 0) is 0 Å². The zero-order valence-electron chi connectivity index (χ0n) is 20.9. The molecule has 10 heteroatoms. The van der Waals surface area contributed by atoms with Crippen LogP contribution in [-0.4, -0.2) is 50.0 Å². The lowest BCUT2D eigenvalue weighted by Crippen LogP contribution is -2.48. The van der Waals surface area contributed by atoms with Gasteiger partial charge < -0.3 is 24.3 Å². The number of methoxy groups -OCH3 is 1. The molecule has 1 fully saturated rings. The monoisotopic (exact) mass is 567 g/mol. The van der Waals surface area contributed by atoms with E-state index in [9.17, 15) is 14.0 Å². The van der Waals surface area contributed by atoms with Gasteiger partial charge in [-0.1, -0.05) is 23.2 Å². The third-order valence-corrected chi connectivity index (χ3v) is 7.01. The number of hydrogen-bond donors (Lipinski definition) is 1. The Bertz CT molecular complexity index is 1520. The first-order valence-corrected chi connectivity index (χ1v) is 12.9. The summed E-state index contributed by atoms with van der Waals surface area (Å²) in [7, 11) is 1.53. The summed E-state index contributed by atoms with van der Waals surface area (Å²) >= 11 is 11.9. The van der Waals surface area contributed by atoms with Crippen LogP contribution in [0.15, 0.2) is 77.2 Å². The molecule has 1 aliphatic heterocycles.